The van der Waals surface area contributed by atoms with Crippen LogP contribution in [0.15, 0.2) is 11.8 Å². The summed E-state index contributed by atoms with van der Waals surface area (Å²) < 4.78 is 18.5. The molecular weight excluding hydrogens is 292 g/mol. The molecule has 2 rings (SSSR count). The Morgan fingerprint density at radius 1 is 1.09 bits per heavy atom. The molecule has 2 fully saturated rings. The molecule has 2 atom stereocenters. The van der Waals surface area contributed by atoms with Crippen LogP contribution >= 0.6 is 0 Å². The fourth-order valence-electron chi connectivity index (χ4n) is 3.90. The van der Waals surface area contributed by atoms with Crippen LogP contribution in [0.3, 0.4) is 0 Å². The van der Waals surface area contributed by atoms with Crippen molar-refractivity contribution in [1.82, 2.24) is 0 Å². The third-order valence-electron chi connectivity index (χ3n) is 5.48. The van der Waals surface area contributed by atoms with E-state index in [0.717, 1.165) is 44.5 Å². The molecule has 1 aliphatic heterocycles. The zero-order chi connectivity index (χ0) is 15.7. The average Bonchev–Trinajstić information content (AvgIpc) is 2.55. The molecule has 2 nitrogen and oxygen atoms in total. The molecule has 128 valence electrons. The maximum atomic E-state index is 12.7. The second-order valence-corrected chi connectivity index (χ2v) is 9.03. The van der Waals surface area contributed by atoms with Crippen LogP contribution in [-0.2, 0) is 15.5 Å². The van der Waals surface area contributed by atoms with Crippen LogP contribution in [0.1, 0.15) is 90.4 Å². The highest BCUT2D eigenvalue weighted by Crippen LogP contribution is 2.34. The lowest BCUT2D eigenvalue weighted by atomic mass is 9.92. The van der Waals surface area contributed by atoms with Crippen molar-refractivity contribution in [1.29, 1.82) is 0 Å². The fourth-order valence-corrected chi connectivity index (χ4v) is 5.86. The van der Waals surface area contributed by atoms with Gasteiger partial charge >= 0.3 is 0 Å². The van der Waals surface area contributed by atoms with Gasteiger partial charge in [-0.2, -0.15) is 0 Å². The Morgan fingerprint density at radius 3 is 2.59 bits per heavy atom. The van der Waals surface area contributed by atoms with Gasteiger partial charge in [-0.3, -0.25) is 4.21 Å². The van der Waals surface area contributed by atoms with Gasteiger partial charge in [0.25, 0.3) is 0 Å². The van der Waals surface area contributed by atoms with Crippen molar-refractivity contribution in [2.24, 2.45) is 0 Å². The van der Waals surface area contributed by atoms with Crippen LogP contribution in [0.2, 0.25) is 0 Å². The molecule has 2 unspecified atom stereocenters. The molecule has 1 saturated carbocycles. The molecular formula is C19H34O2S. The molecule has 0 N–H and O–H groups in total. The quantitative estimate of drug-likeness (QED) is 0.476. The van der Waals surface area contributed by atoms with Crippen LogP contribution in [0, 0.1) is 0 Å². The molecule has 0 amide bonds. The smallest absolute Gasteiger partial charge is 0.0873 e. The topological polar surface area (TPSA) is 26.3 Å². The summed E-state index contributed by atoms with van der Waals surface area (Å²) >= 11 is 0. The van der Waals surface area contributed by atoms with Gasteiger partial charge in [-0.05, 0) is 63.4 Å². The van der Waals surface area contributed by atoms with E-state index in [1.54, 1.807) is 0 Å². The summed E-state index contributed by atoms with van der Waals surface area (Å²) in [5.74, 6) is 0.915. The summed E-state index contributed by atoms with van der Waals surface area (Å²) in [7, 11) is -0.646. The molecule has 3 heteroatoms. The van der Waals surface area contributed by atoms with E-state index in [2.05, 4.69) is 6.92 Å². The Morgan fingerprint density at radius 2 is 1.82 bits per heavy atom. The number of rotatable bonds is 6. The molecule has 0 radical (unpaired) electrons. The van der Waals surface area contributed by atoms with E-state index in [0.29, 0.717) is 0 Å². The summed E-state index contributed by atoms with van der Waals surface area (Å²) in [6.07, 6.45) is 17.8. The SMILES string of the molecule is CCC1(CCCOC=C2CCCCC2)CCCCCCS1=O. The summed E-state index contributed by atoms with van der Waals surface area (Å²) in [4.78, 5) is 0. The van der Waals surface area contributed by atoms with Gasteiger partial charge in [0.1, 0.15) is 0 Å². The Labute approximate surface area is 139 Å². The second-order valence-electron chi connectivity index (χ2n) is 7.06. The number of hydrogen-bond acceptors (Lipinski definition) is 2. The van der Waals surface area contributed by atoms with Gasteiger partial charge in [0.15, 0.2) is 0 Å². The molecule has 0 bridgehead atoms. The van der Waals surface area contributed by atoms with E-state index in [9.17, 15) is 4.21 Å². The predicted molar refractivity (Wildman–Crippen MR) is 95.5 cm³/mol. The van der Waals surface area contributed by atoms with Crippen LogP contribution in [0.25, 0.3) is 0 Å². The fraction of sp³-hybridized carbons (Fsp3) is 0.895. The van der Waals surface area contributed by atoms with Crippen LogP contribution in [0.4, 0.5) is 0 Å². The molecule has 1 aliphatic carbocycles. The van der Waals surface area contributed by atoms with Gasteiger partial charge < -0.3 is 4.74 Å². The zero-order valence-electron chi connectivity index (χ0n) is 14.4. The first kappa shape index (κ1) is 18.0. The summed E-state index contributed by atoms with van der Waals surface area (Å²) in [6.45, 7) is 3.02. The number of allylic oxidation sites excluding steroid dienone is 1. The van der Waals surface area contributed by atoms with Crippen molar-refractivity contribution in [2.45, 2.75) is 95.1 Å². The predicted octanol–water partition coefficient (Wildman–Crippen LogP) is 5.49. The van der Waals surface area contributed by atoms with Crippen molar-refractivity contribution >= 4 is 10.8 Å². The third kappa shape index (κ3) is 5.40. The highest BCUT2D eigenvalue weighted by Gasteiger charge is 2.34. The summed E-state index contributed by atoms with van der Waals surface area (Å²) in [5.41, 5.74) is 1.49. The Hall–Kier alpha value is -0.310. The standard InChI is InChI=1S/C19H34O2S/c1-2-19(13-8-3-4-9-16-22(19)20)14-10-15-21-17-18-11-6-5-7-12-18/h17H,2-16H2,1H3. The molecule has 2 aliphatic rings. The molecule has 0 spiro atoms. The van der Waals surface area contributed by atoms with E-state index >= 15 is 0 Å². The van der Waals surface area contributed by atoms with Gasteiger partial charge in [-0.25, -0.2) is 0 Å². The highest BCUT2D eigenvalue weighted by atomic mass is 32.2. The summed E-state index contributed by atoms with van der Waals surface area (Å²) in [5, 5.41) is 0. The molecule has 0 aromatic heterocycles. The average molecular weight is 327 g/mol. The largest absolute Gasteiger partial charge is 0.501 e. The van der Waals surface area contributed by atoms with Gasteiger partial charge in [-0.1, -0.05) is 32.6 Å². The minimum Gasteiger partial charge on any atom is -0.501 e. The maximum absolute atomic E-state index is 12.7. The van der Waals surface area contributed by atoms with E-state index < -0.39 is 10.8 Å². The van der Waals surface area contributed by atoms with Gasteiger partial charge in [-0.15, -0.1) is 0 Å². The third-order valence-corrected chi connectivity index (χ3v) is 7.80. The van der Waals surface area contributed by atoms with Gasteiger partial charge in [0.2, 0.25) is 0 Å². The van der Waals surface area contributed by atoms with E-state index in [1.165, 1.54) is 56.9 Å². The highest BCUT2D eigenvalue weighted by molar-refractivity contribution is 7.86. The first-order valence-corrected chi connectivity index (χ1v) is 10.8. The minimum atomic E-state index is -0.646. The van der Waals surface area contributed by atoms with Crippen molar-refractivity contribution in [3.8, 4) is 0 Å². The molecule has 1 heterocycles. The van der Waals surface area contributed by atoms with Crippen molar-refractivity contribution < 1.29 is 8.95 Å². The first-order chi connectivity index (χ1) is 10.8. The molecule has 0 aromatic rings. The lowest BCUT2D eigenvalue weighted by molar-refractivity contribution is 0.228. The Balaban J connectivity index is 1.75. The van der Waals surface area contributed by atoms with Gasteiger partial charge in [0, 0.05) is 21.3 Å². The second kappa shape index (κ2) is 9.75. The Bertz CT molecular complexity index is 370. The lowest BCUT2D eigenvalue weighted by Crippen LogP contribution is -2.36. The van der Waals surface area contributed by atoms with Gasteiger partial charge in [0.05, 0.1) is 12.9 Å². The number of hydrogen-bond donors (Lipinski definition) is 0. The van der Waals surface area contributed by atoms with Crippen LogP contribution in [0.5, 0.6) is 0 Å². The monoisotopic (exact) mass is 326 g/mol. The molecule has 0 aromatic carbocycles. The normalized spacial score (nSPS) is 30.4. The maximum Gasteiger partial charge on any atom is 0.0873 e. The lowest BCUT2D eigenvalue weighted by Gasteiger charge is -2.33. The number of ether oxygens (including phenoxy) is 1. The van der Waals surface area contributed by atoms with E-state index in [-0.39, 0.29) is 4.75 Å². The van der Waals surface area contributed by atoms with Crippen molar-refractivity contribution in [3.63, 3.8) is 0 Å². The summed E-state index contributed by atoms with van der Waals surface area (Å²) in [6, 6.07) is 0. The Kier molecular flexibility index (Phi) is 7.99. The minimum absolute atomic E-state index is 0.0712. The molecule has 22 heavy (non-hydrogen) atoms. The van der Waals surface area contributed by atoms with Crippen LogP contribution in [-0.4, -0.2) is 21.3 Å². The molecule has 1 saturated heterocycles. The van der Waals surface area contributed by atoms with Crippen molar-refractivity contribution in [3.05, 3.63) is 11.8 Å². The van der Waals surface area contributed by atoms with E-state index in [1.807, 2.05) is 6.26 Å². The first-order valence-electron chi connectivity index (χ1n) is 9.45. The van der Waals surface area contributed by atoms with Crippen molar-refractivity contribution in [2.75, 3.05) is 12.4 Å². The van der Waals surface area contributed by atoms with Crippen LogP contribution < -0.4 is 0 Å². The van der Waals surface area contributed by atoms with E-state index in [4.69, 9.17) is 4.74 Å². The zero-order valence-corrected chi connectivity index (χ0v) is 15.2.